The normalized spacial score (nSPS) is 9.82. The maximum Gasteiger partial charge on any atom is 2.00 e. The molecular formula is C18H40CaO8S. The number of carboxylic acids is 1. The Morgan fingerprint density at radius 2 is 0.893 bits per heavy atom. The van der Waals surface area contributed by atoms with Crippen molar-refractivity contribution in [1.82, 2.24) is 0 Å². The van der Waals surface area contributed by atoms with E-state index >= 15 is 0 Å². The zero-order valence-electron chi connectivity index (χ0n) is 17.4. The van der Waals surface area contributed by atoms with E-state index in [2.05, 4.69) is 6.92 Å². The standard InChI is InChI=1S/C18H36O2.Ca.H2O4S.2H2O/c1-2-3-4-5-6-7-8-9-10-11-12-13-14-15-16-17-18(19)20;;1-5(2,3)4;;/h2-17H2,1H3,(H,19,20);;(H2,1,2,3,4);2*1H2/q;+2;;;/p-2. The fourth-order valence-electron chi connectivity index (χ4n) is 2.65. The third kappa shape index (κ3) is 56.3. The van der Waals surface area contributed by atoms with E-state index in [1.165, 1.54) is 83.5 Å². The molecule has 0 unspecified atom stereocenters. The van der Waals surface area contributed by atoms with Crippen molar-refractivity contribution in [3.05, 3.63) is 0 Å². The second-order valence-electron chi connectivity index (χ2n) is 6.50. The topological polar surface area (TPSA) is 181 Å². The van der Waals surface area contributed by atoms with E-state index in [-0.39, 0.29) is 48.7 Å². The SMILES string of the molecule is CCCCCCCCCCCCCCCCCC(=O)O.O.O.O=S(=O)([O-])[O-].[Ca+2]. The summed E-state index contributed by atoms with van der Waals surface area (Å²) in [6, 6.07) is 0. The molecular weight excluding hydrogens is 416 g/mol. The first-order chi connectivity index (χ1) is 11.8. The van der Waals surface area contributed by atoms with Gasteiger partial charge in [-0.3, -0.25) is 13.2 Å². The van der Waals surface area contributed by atoms with Crippen LogP contribution in [-0.2, 0) is 15.2 Å². The van der Waals surface area contributed by atoms with E-state index < -0.39 is 16.4 Å². The average Bonchev–Trinajstić information content (AvgIpc) is 2.49. The van der Waals surface area contributed by atoms with Crippen LogP contribution in [0.1, 0.15) is 110 Å². The third-order valence-electron chi connectivity index (χ3n) is 3.99. The first-order valence-corrected chi connectivity index (χ1v) is 11.0. The molecule has 0 rings (SSSR count). The number of hydrogen-bond donors (Lipinski definition) is 1. The van der Waals surface area contributed by atoms with Crippen LogP contribution in [0.15, 0.2) is 0 Å². The predicted octanol–water partition coefficient (Wildman–Crippen LogP) is 2.96. The van der Waals surface area contributed by atoms with Gasteiger partial charge in [0.15, 0.2) is 0 Å². The van der Waals surface area contributed by atoms with Crippen molar-refractivity contribution in [2.75, 3.05) is 0 Å². The molecule has 0 fully saturated rings. The first kappa shape index (κ1) is 39.0. The summed E-state index contributed by atoms with van der Waals surface area (Å²) < 4.78 is 34.1. The Hall–Kier alpha value is 0.520. The van der Waals surface area contributed by atoms with E-state index in [0.717, 1.165) is 12.8 Å². The van der Waals surface area contributed by atoms with Gasteiger partial charge in [0.1, 0.15) is 0 Å². The fourth-order valence-corrected chi connectivity index (χ4v) is 2.65. The largest absolute Gasteiger partial charge is 2.00 e. The molecule has 28 heavy (non-hydrogen) atoms. The van der Waals surface area contributed by atoms with Gasteiger partial charge >= 0.3 is 43.7 Å². The molecule has 0 aliphatic carbocycles. The maximum absolute atomic E-state index is 10.3. The van der Waals surface area contributed by atoms with Crippen LogP contribution in [-0.4, -0.2) is 77.3 Å². The van der Waals surface area contributed by atoms with Crippen LogP contribution < -0.4 is 0 Å². The monoisotopic (exact) mass is 456 g/mol. The number of rotatable bonds is 16. The fraction of sp³-hybridized carbons (Fsp3) is 0.944. The number of carboxylic acid groups (broad SMARTS) is 1. The first-order valence-electron chi connectivity index (χ1n) is 9.66. The van der Waals surface area contributed by atoms with Crippen molar-refractivity contribution >= 4 is 54.1 Å². The van der Waals surface area contributed by atoms with Crippen molar-refractivity contribution in [3.8, 4) is 0 Å². The Bertz CT molecular complexity index is 383. The van der Waals surface area contributed by atoms with Gasteiger partial charge < -0.3 is 25.2 Å². The minimum atomic E-state index is -5.17. The summed E-state index contributed by atoms with van der Waals surface area (Å²) >= 11 is 0. The van der Waals surface area contributed by atoms with E-state index in [0.29, 0.717) is 6.42 Å². The van der Waals surface area contributed by atoms with Crippen LogP contribution in [0.4, 0.5) is 0 Å². The van der Waals surface area contributed by atoms with Crippen molar-refractivity contribution in [2.45, 2.75) is 110 Å². The van der Waals surface area contributed by atoms with Gasteiger partial charge in [0.05, 0.1) is 0 Å². The average molecular weight is 457 g/mol. The molecule has 0 saturated carbocycles. The van der Waals surface area contributed by atoms with Crippen molar-refractivity contribution in [1.29, 1.82) is 0 Å². The minimum Gasteiger partial charge on any atom is -0.759 e. The van der Waals surface area contributed by atoms with Crippen molar-refractivity contribution in [3.63, 3.8) is 0 Å². The summed E-state index contributed by atoms with van der Waals surface area (Å²) in [5, 5.41) is 8.52. The summed E-state index contributed by atoms with van der Waals surface area (Å²) in [5.41, 5.74) is 0. The number of aliphatic carboxylic acids is 1. The van der Waals surface area contributed by atoms with Gasteiger partial charge in [-0.15, -0.1) is 0 Å². The summed E-state index contributed by atoms with van der Waals surface area (Å²) in [7, 11) is -5.17. The Morgan fingerprint density at radius 3 is 1.11 bits per heavy atom. The summed E-state index contributed by atoms with van der Waals surface area (Å²) in [6.07, 6.45) is 20.2. The molecule has 0 aliphatic rings. The quantitative estimate of drug-likeness (QED) is 0.161. The molecule has 0 spiro atoms. The Kier molecular flexibility index (Phi) is 41.4. The van der Waals surface area contributed by atoms with Crippen LogP contribution in [0.3, 0.4) is 0 Å². The van der Waals surface area contributed by atoms with Crippen molar-refractivity contribution in [2.24, 2.45) is 0 Å². The summed E-state index contributed by atoms with van der Waals surface area (Å²) in [5.74, 6) is -0.653. The van der Waals surface area contributed by atoms with E-state index in [1.807, 2.05) is 0 Å². The van der Waals surface area contributed by atoms with E-state index in [9.17, 15) is 4.79 Å². The summed E-state index contributed by atoms with van der Waals surface area (Å²) in [6.45, 7) is 2.27. The molecule has 0 atom stereocenters. The van der Waals surface area contributed by atoms with Gasteiger partial charge in [-0.25, -0.2) is 0 Å². The third-order valence-corrected chi connectivity index (χ3v) is 3.99. The van der Waals surface area contributed by atoms with Crippen LogP contribution in [0.5, 0.6) is 0 Å². The molecule has 168 valence electrons. The van der Waals surface area contributed by atoms with Crippen LogP contribution in [0.2, 0.25) is 0 Å². The number of unbranched alkanes of at least 4 members (excludes halogenated alkanes) is 14. The predicted molar refractivity (Wildman–Crippen MR) is 111 cm³/mol. The molecule has 0 heterocycles. The molecule has 8 nitrogen and oxygen atoms in total. The zero-order chi connectivity index (χ0) is 19.4. The molecule has 0 aromatic carbocycles. The molecule has 0 aromatic rings. The second kappa shape index (κ2) is 29.7. The van der Waals surface area contributed by atoms with Gasteiger partial charge in [0.2, 0.25) is 0 Å². The Balaban J connectivity index is -0.000000195. The van der Waals surface area contributed by atoms with Gasteiger partial charge in [-0.05, 0) is 6.42 Å². The second-order valence-corrected chi connectivity index (χ2v) is 7.32. The molecule has 10 heteroatoms. The Labute approximate surface area is 201 Å². The van der Waals surface area contributed by atoms with Crippen LogP contribution >= 0.6 is 0 Å². The zero-order valence-corrected chi connectivity index (χ0v) is 20.4. The molecule has 0 amide bonds. The Morgan fingerprint density at radius 1 is 0.679 bits per heavy atom. The smallest absolute Gasteiger partial charge is 0.759 e. The molecule has 0 aliphatic heterocycles. The number of hydrogen-bond acceptors (Lipinski definition) is 5. The summed E-state index contributed by atoms with van der Waals surface area (Å²) in [4.78, 5) is 10.3. The van der Waals surface area contributed by atoms with Crippen LogP contribution in [0.25, 0.3) is 0 Å². The molecule has 0 radical (unpaired) electrons. The molecule has 0 aromatic heterocycles. The van der Waals surface area contributed by atoms with Gasteiger partial charge in [0.25, 0.3) is 0 Å². The number of carbonyl (C=O) groups is 1. The maximum atomic E-state index is 10.3. The van der Waals surface area contributed by atoms with Gasteiger partial charge in [-0.1, -0.05) is 96.8 Å². The van der Waals surface area contributed by atoms with Gasteiger partial charge in [0, 0.05) is 16.8 Å². The van der Waals surface area contributed by atoms with E-state index in [4.69, 9.17) is 22.6 Å². The van der Waals surface area contributed by atoms with Crippen LogP contribution in [0, 0.1) is 0 Å². The van der Waals surface area contributed by atoms with Gasteiger partial charge in [-0.2, -0.15) is 0 Å². The molecule has 0 saturated heterocycles. The molecule has 5 N–H and O–H groups in total. The molecule has 0 bridgehead atoms. The minimum absolute atomic E-state index is 0. The van der Waals surface area contributed by atoms with E-state index in [1.54, 1.807) is 0 Å². The van der Waals surface area contributed by atoms with Crippen molar-refractivity contribution < 1.29 is 38.4 Å².